The van der Waals surface area contributed by atoms with Gasteiger partial charge in [0.25, 0.3) is 0 Å². The number of nitrogens with zero attached hydrogens (tertiary/aromatic N) is 3. The van der Waals surface area contributed by atoms with E-state index in [0.717, 1.165) is 10.8 Å². The van der Waals surface area contributed by atoms with Crippen LogP contribution in [0.2, 0.25) is 0 Å². The van der Waals surface area contributed by atoms with Gasteiger partial charge in [0.05, 0.1) is 17.9 Å². The van der Waals surface area contributed by atoms with Crippen LogP contribution in [0.4, 0.5) is 0 Å². The lowest BCUT2D eigenvalue weighted by molar-refractivity contribution is 0.0696. The Labute approximate surface area is 181 Å². The molecular weight excluding hydrogens is 390 g/mol. The maximum absolute atomic E-state index is 11.2. The number of carbonyl (C=O) groups is 1. The van der Waals surface area contributed by atoms with E-state index in [9.17, 15) is 4.79 Å². The third-order valence-corrected chi connectivity index (χ3v) is 5.61. The van der Waals surface area contributed by atoms with Gasteiger partial charge in [0.1, 0.15) is 11.5 Å². The van der Waals surface area contributed by atoms with Crippen LogP contribution in [-0.2, 0) is 0 Å². The van der Waals surface area contributed by atoms with E-state index in [-0.39, 0.29) is 17.6 Å². The molecule has 0 aliphatic rings. The molecule has 1 heterocycles. The van der Waals surface area contributed by atoms with E-state index >= 15 is 0 Å². The topological polar surface area (TPSA) is 67.6 Å². The average Bonchev–Trinajstić information content (AvgIpc) is 3.28. The summed E-state index contributed by atoms with van der Waals surface area (Å²) >= 11 is 0. The Hall–Kier alpha value is -3.64. The largest absolute Gasteiger partial charge is 0.478 e. The Bertz CT molecular complexity index is 1200. The highest BCUT2D eigenvalue weighted by molar-refractivity contribution is 5.88. The molecule has 31 heavy (non-hydrogen) atoms. The zero-order valence-electron chi connectivity index (χ0n) is 17.8. The first-order valence-electron chi connectivity index (χ1n) is 10.1. The summed E-state index contributed by atoms with van der Waals surface area (Å²) in [6.07, 6.45) is 5.66. The highest BCUT2D eigenvalue weighted by atomic mass is 16.5. The monoisotopic (exact) mass is 415 g/mol. The predicted molar refractivity (Wildman–Crippen MR) is 121 cm³/mol. The SMILES string of the molecule is CC(C(c1ccc2cc(Oc3cccc(C(=O)O)c3)ccc2c1)n1ccnc1)N(C)C. The Kier molecular flexibility index (Phi) is 5.73. The number of carboxylic acid groups (broad SMARTS) is 1. The maximum Gasteiger partial charge on any atom is 0.335 e. The smallest absolute Gasteiger partial charge is 0.335 e. The molecule has 0 bridgehead atoms. The summed E-state index contributed by atoms with van der Waals surface area (Å²) in [4.78, 5) is 17.6. The van der Waals surface area contributed by atoms with E-state index in [4.69, 9.17) is 9.84 Å². The van der Waals surface area contributed by atoms with Crippen LogP contribution in [0.1, 0.15) is 28.9 Å². The second-order valence-corrected chi connectivity index (χ2v) is 7.86. The lowest BCUT2D eigenvalue weighted by Gasteiger charge is -2.31. The minimum atomic E-state index is -0.976. The number of ether oxygens (including phenoxy) is 1. The van der Waals surface area contributed by atoms with Crippen LogP contribution >= 0.6 is 0 Å². The van der Waals surface area contributed by atoms with Crippen molar-refractivity contribution < 1.29 is 14.6 Å². The molecule has 0 spiro atoms. The molecule has 0 aliphatic carbocycles. The minimum absolute atomic E-state index is 0.136. The molecule has 0 amide bonds. The van der Waals surface area contributed by atoms with Gasteiger partial charge in [-0.05, 0) is 73.8 Å². The first-order valence-corrected chi connectivity index (χ1v) is 10.1. The van der Waals surface area contributed by atoms with E-state index in [0.29, 0.717) is 11.5 Å². The normalized spacial score (nSPS) is 13.3. The fourth-order valence-electron chi connectivity index (χ4n) is 3.73. The highest BCUT2D eigenvalue weighted by Crippen LogP contribution is 2.31. The number of benzene rings is 3. The molecule has 3 aromatic carbocycles. The number of rotatable bonds is 7. The molecule has 0 saturated heterocycles. The van der Waals surface area contributed by atoms with Crippen LogP contribution in [0.5, 0.6) is 11.5 Å². The van der Waals surface area contributed by atoms with E-state index < -0.39 is 5.97 Å². The van der Waals surface area contributed by atoms with E-state index in [1.807, 2.05) is 30.7 Å². The van der Waals surface area contributed by atoms with Gasteiger partial charge in [0, 0.05) is 18.4 Å². The van der Waals surface area contributed by atoms with E-state index in [1.54, 1.807) is 24.4 Å². The van der Waals surface area contributed by atoms with Gasteiger partial charge >= 0.3 is 5.97 Å². The van der Waals surface area contributed by atoms with Crippen molar-refractivity contribution in [3.63, 3.8) is 0 Å². The highest BCUT2D eigenvalue weighted by Gasteiger charge is 2.22. The third kappa shape index (κ3) is 4.44. The van der Waals surface area contributed by atoms with Crippen molar-refractivity contribution in [2.45, 2.75) is 19.0 Å². The number of aromatic carboxylic acids is 1. The molecule has 1 N–H and O–H groups in total. The van der Waals surface area contributed by atoms with Crippen LogP contribution in [0.3, 0.4) is 0 Å². The third-order valence-electron chi connectivity index (χ3n) is 5.61. The standard InChI is InChI=1S/C25H25N3O3/c1-17(27(2)3)24(28-12-11-26-16-28)20-8-7-19-14-23(10-9-18(19)13-20)31-22-6-4-5-21(15-22)25(29)30/h4-17,24H,1-3H3,(H,29,30). The molecule has 1 aromatic heterocycles. The summed E-state index contributed by atoms with van der Waals surface area (Å²) in [5, 5.41) is 11.3. The number of likely N-dealkylation sites (N-methyl/N-ethyl adjacent to an activating group) is 1. The molecule has 158 valence electrons. The number of aromatic nitrogens is 2. The van der Waals surface area contributed by atoms with Crippen molar-refractivity contribution >= 4 is 16.7 Å². The molecule has 0 aliphatic heterocycles. The van der Waals surface area contributed by atoms with Gasteiger partial charge < -0.3 is 19.3 Å². The molecule has 2 atom stereocenters. The fourth-order valence-corrected chi connectivity index (χ4v) is 3.73. The number of hydrogen-bond donors (Lipinski definition) is 1. The Balaban J connectivity index is 1.65. The molecule has 4 rings (SSSR count). The van der Waals surface area contributed by atoms with Crippen LogP contribution in [0, 0.1) is 0 Å². The number of imidazole rings is 1. The molecular formula is C25H25N3O3. The zero-order valence-corrected chi connectivity index (χ0v) is 17.8. The van der Waals surface area contributed by atoms with Crippen LogP contribution in [0.15, 0.2) is 79.4 Å². The van der Waals surface area contributed by atoms with Gasteiger partial charge in [-0.2, -0.15) is 0 Å². The maximum atomic E-state index is 11.2. The van der Waals surface area contributed by atoms with Gasteiger partial charge in [-0.25, -0.2) is 9.78 Å². The fraction of sp³-hybridized carbons (Fsp3) is 0.200. The second-order valence-electron chi connectivity index (χ2n) is 7.86. The van der Waals surface area contributed by atoms with Gasteiger partial charge in [-0.15, -0.1) is 0 Å². The summed E-state index contributed by atoms with van der Waals surface area (Å²) in [6.45, 7) is 2.21. The van der Waals surface area contributed by atoms with Crippen molar-refractivity contribution in [2.24, 2.45) is 0 Å². The number of carboxylic acids is 1. The van der Waals surface area contributed by atoms with Crippen molar-refractivity contribution in [1.29, 1.82) is 0 Å². The quantitative estimate of drug-likeness (QED) is 0.457. The average molecular weight is 415 g/mol. The molecule has 6 heteroatoms. The van der Waals surface area contributed by atoms with Crippen molar-refractivity contribution in [3.05, 3.63) is 90.5 Å². The summed E-state index contributed by atoms with van der Waals surface area (Å²) < 4.78 is 8.04. The molecule has 0 saturated carbocycles. The Morgan fingerprint density at radius 2 is 1.77 bits per heavy atom. The van der Waals surface area contributed by atoms with Crippen LogP contribution < -0.4 is 4.74 Å². The van der Waals surface area contributed by atoms with E-state index in [1.165, 1.54) is 11.6 Å². The predicted octanol–water partition coefficient (Wildman–Crippen LogP) is 5.07. The molecule has 0 fully saturated rings. The molecule has 0 radical (unpaired) electrons. The van der Waals surface area contributed by atoms with Crippen molar-refractivity contribution in [3.8, 4) is 11.5 Å². The Morgan fingerprint density at radius 3 is 2.48 bits per heavy atom. The summed E-state index contributed by atoms with van der Waals surface area (Å²) in [5.74, 6) is 0.183. The molecule has 4 aromatic rings. The van der Waals surface area contributed by atoms with Crippen molar-refractivity contribution in [1.82, 2.24) is 14.5 Å². The van der Waals surface area contributed by atoms with Crippen molar-refractivity contribution in [2.75, 3.05) is 14.1 Å². The van der Waals surface area contributed by atoms with E-state index in [2.05, 4.69) is 53.7 Å². The molecule has 2 unspecified atom stereocenters. The van der Waals surface area contributed by atoms with Gasteiger partial charge in [0.2, 0.25) is 0 Å². The summed E-state index contributed by atoms with van der Waals surface area (Å²) in [5.41, 5.74) is 1.40. The summed E-state index contributed by atoms with van der Waals surface area (Å²) in [7, 11) is 4.16. The zero-order chi connectivity index (χ0) is 22.0. The Morgan fingerprint density at radius 1 is 1.03 bits per heavy atom. The lowest BCUT2D eigenvalue weighted by atomic mass is 9.96. The van der Waals surface area contributed by atoms with Crippen LogP contribution in [-0.4, -0.2) is 45.7 Å². The van der Waals surface area contributed by atoms with Crippen LogP contribution in [0.25, 0.3) is 10.8 Å². The number of hydrogen-bond acceptors (Lipinski definition) is 4. The van der Waals surface area contributed by atoms with Gasteiger partial charge in [0.15, 0.2) is 0 Å². The number of fused-ring (bicyclic) bond motifs is 1. The van der Waals surface area contributed by atoms with Gasteiger partial charge in [-0.3, -0.25) is 0 Å². The minimum Gasteiger partial charge on any atom is -0.478 e. The van der Waals surface area contributed by atoms with Gasteiger partial charge in [-0.1, -0.05) is 24.3 Å². The first-order chi connectivity index (χ1) is 14.9. The molecule has 6 nitrogen and oxygen atoms in total. The summed E-state index contributed by atoms with van der Waals surface area (Å²) in [6, 6.07) is 19.2. The first kappa shape index (κ1) is 20.6. The second kappa shape index (κ2) is 8.62. The lowest BCUT2D eigenvalue weighted by Crippen LogP contribution is -2.34.